The van der Waals surface area contributed by atoms with Crippen LogP contribution in [0.25, 0.3) is 0 Å². The minimum absolute atomic E-state index is 0. The summed E-state index contributed by atoms with van der Waals surface area (Å²) >= 11 is 0. The smallest absolute Gasteiger partial charge is 0.227 e. The Morgan fingerprint density at radius 2 is 1.86 bits per heavy atom. The monoisotopic (exact) mass is 355 g/mol. The summed E-state index contributed by atoms with van der Waals surface area (Å²) in [6.45, 7) is 7.31. The maximum atomic E-state index is 12.6. The molecule has 2 aliphatic heterocycles. The second-order valence-electron chi connectivity index (χ2n) is 6.19. The fraction of sp³-hybridized carbons (Fsp3) is 0.933. The second-order valence-corrected chi connectivity index (χ2v) is 6.19. The van der Waals surface area contributed by atoms with Gasteiger partial charge in [-0.15, -0.1) is 24.8 Å². The summed E-state index contributed by atoms with van der Waals surface area (Å²) < 4.78 is 5.37. The van der Waals surface area contributed by atoms with E-state index in [0.717, 1.165) is 38.8 Å². The number of amides is 1. The first-order valence-corrected chi connectivity index (χ1v) is 8.01. The molecule has 2 fully saturated rings. The third-order valence-corrected chi connectivity index (χ3v) is 4.78. The molecule has 22 heavy (non-hydrogen) atoms. The van der Waals surface area contributed by atoms with Crippen LogP contribution in [-0.2, 0) is 9.53 Å². The van der Waals surface area contributed by atoms with Gasteiger partial charge in [0.2, 0.25) is 5.91 Å². The first kappa shape index (κ1) is 21.9. The predicted octanol–water partition coefficient (Wildman–Crippen LogP) is 1.58. The Morgan fingerprint density at radius 1 is 1.27 bits per heavy atom. The number of carbonyl (C=O) groups is 1. The summed E-state index contributed by atoms with van der Waals surface area (Å²) in [5.74, 6) is 0.150. The summed E-state index contributed by atoms with van der Waals surface area (Å²) in [4.78, 5) is 15.0. The number of hydrogen-bond donors (Lipinski definition) is 2. The molecule has 0 aromatic heterocycles. The Kier molecular flexibility index (Phi) is 10.6. The summed E-state index contributed by atoms with van der Waals surface area (Å²) in [5, 5.41) is 3.24. The molecule has 0 spiro atoms. The number of hydrogen-bond acceptors (Lipinski definition) is 4. The number of piperidine rings is 1. The largest absolute Gasteiger partial charge is 0.381 e. The Labute approximate surface area is 146 Å². The van der Waals surface area contributed by atoms with Crippen LogP contribution >= 0.6 is 24.8 Å². The molecule has 0 atom stereocenters. The molecule has 132 valence electrons. The highest BCUT2D eigenvalue weighted by Gasteiger charge is 2.39. The molecule has 7 heteroatoms. The molecular formula is C15H31Cl2N3O2. The third kappa shape index (κ3) is 5.53. The van der Waals surface area contributed by atoms with E-state index >= 15 is 0 Å². The molecule has 0 aliphatic carbocycles. The van der Waals surface area contributed by atoms with Gasteiger partial charge in [0.1, 0.15) is 0 Å². The summed E-state index contributed by atoms with van der Waals surface area (Å²) in [6.07, 6.45) is 4.83. The van der Waals surface area contributed by atoms with Crippen molar-refractivity contribution in [3.63, 3.8) is 0 Å². The van der Waals surface area contributed by atoms with Gasteiger partial charge >= 0.3 is 0 Å². The molecule has 1 amide bonds. The first-order chi connectivity index (χ1) is 9.70. The zero-order valence-electron chi connectivity index (χ0n) is 13.5. The highest BCUT2D eigenvalue weighted by Crippen LogP contribution is 2.30. The zero-order valence-corrected chi connectivity index (χ0v) is 15.1. The molecule has 0 bridgehead atoms. The quantitative estimate of drug-likeness (QED) is 0.785. The van der Waals surface area contributed by atoms with Crippen LogP contribution in [0.2, 0.25) is 0 Å². The highest BCUT2D eigenvalue weighted by atomic mass is 35.5. The fourth-order valence-corrected chi connectivity index (χ4v) is 3.24. The van der Waals surface area contributed by atoms with Crippen molar-refractivity contribution >= 4 is 30.7 Å². The summed E-state index contributed by atoms with van der Waals surface area (Å²) in [6, 6.07) is 0.321. The molecule has 2 aliphatic rings. The molecule has 0 aromatic rings. The number of nitrogens with two attached hydrogens (primary N) is 1. The van der Waals surface area contributed by atoms with Gasteiger partial charge in [0, 0.05) is 38.9 Å². The Hall–Kier alpha value is -0.0700. The van der Waals surface area contributed by atoms with E-state index < -0.39 is 5.41 Å². The van der Waals surface area contributed by atoms with Crippen molar-refractivity contribution in [3.8, 4) is 0 Å². The predicted molar refractivity (Wildman–Crippen MR) is 93.9 cm³/mol. The average Bonchev–Trinajstić information content (AvgIpc) is 2.50. The van der Waals surface area contributed by atoms with Gasteiger partial charge in [-0.05, 0) is 38.6 Å². The zero-order chi connectivity index (χ0) is 14.4. The topological polar surface area (TPSA) is 67.6 Å². The van der Waals surface area contributed by atoms with Gasteiger partial charge in [-0.3, -0.25) is 4.79 Å². The SMILES string of the molecule is CCCN1CCC(NC(=O)C2(CN)CCOCC2)CC1.Cl.Cl. The fourth-order valence-electron chi connectivity index (χ4n) is 3.24. The molecule has 0 aromatic carbocycles. The van der Waals surface area contributed by atoms with Crippen LogP contribution in [0.1, 0.15) is 39.0 Å². The van der Waals surface area contributed by atoms with Crippen LogP contribution in [0.4, 0.5) is 0 Å². The van der Waals surface area contributed by atoms with Crippen molar-refractivity contribution in [1.82, 2.24) is 10.2 Å². The van der Waals surface area contributed by atoms with Crippen molar-refractivity contribution in [1.29, 1.82) is 0 Å². The normalized spacial score (nSPS) is 22.3. The van der Waals surface area contributed by atoms with E-state index in [1.807, 2.05) is 0 Å². The van der Waals surface area contributed by atoms with Crippen LogP contribution in [0.3, 0.4) is 0 Å². The number of ether oxygens (including phenoxy) is 1. The van der Waals surface area contributed by atoms with Crippen molar-refractivity contribution in [2.24, 2.45) is 11.1 Å². The van der Waals surface area contributed by atoms with E-state index in [0.29, 0.717) is 25.8 Å². The Morgan fingerprint density at radius 3 is 2.36 bits per heavy atom. The summed E-state index contributed by atoms with van der Waals surface area (Å²) in [5.41, 5.74) is 5.49. The lowest BCUT2D eigenvalue weighted by Gasteiger charge is -2.38. The molecule has 2 heterocycles. The van der Waals surface area contributed by atoms with Crippen LogP contribution in [-0.4, -0.2) is 56.2 Å². The molecule has 0 radical (unpaired) electrons. The molecule has 2 rings (SSSR count). The lowest BCUT2D eigenvalue weighted by molar-refractivity contribution is -0.137. The van der Waals surface area contributed by atoms with E-state index in [4.69, 9.17) is 10.5 Å². The van der Waals surface area contributed by atoms with E-state index in [1.54, 1.807) is 0 Å². The molecule has 0 saturated carbocycles. The Bertz CT molecular complexity index is 318. The van der Waals surface area contributed by atoms with E-state index in [2.05, 4.69) is 17.1 Å². The van der Waals surface area contributed by atoms with E-state index in [1.165, 1.54) is 13.0 Å². The number of likely N-dealkylation sites (tertiary alicyclic amines) is 1. The van der Waals surface area contributed by atoms with Crippen LogP contribution in [0, 0.1) is 5.41 Å². The van der Waals surface area contributed by atoms with E-state index in [9.17, 15) is 4.79 Å². The van der Waals surface area contributed by atoms with Gasteiger partial charge in [-0.25, -0.2) is 0 Å². The molecule has 5 nitrogen and oxygen atoms in total. The van der Waals surface area contributed by atoms with Gasteiger partial charge < -0.3 is 20.7 Å². The van der Waals surface area contributed by atoms with Crippen LogP contribution < -0.4 is 11.1 Å². The number of halogens is 2. The number of nitrogens with zero attached hydrogens (tertiary/aromatic N) is 1. The van der Waals surface area contributed by atoms with Gasteiger partial charge in [0.05, 0.1) is 5.41 Å². The maximum Gasteiger partial charge on any atom is 0.227 e. The van der Waals surface area contributed by atoms with Gasteiger partial charge in [0.15, 0.2) is 0 Å². The van der Waals surface area contributed by atoms with Crippen LogP contribution in [0.15, 0.2) is 0 Å². The van der Waals surface area contributed by atoms with Crippen molar-refractivity contribution in [2.45, 2.75) is 45.1 Å². The number of nitrogens with one attached hydrogen (secondary N) is 1. The minimum atomic E-state index is -0.390. The van der Waals surface area contributed by atoms with E-state index in [-0.39, 0.29) is 30.7 Å². The minimum Gasteiger partial charge on any atom is -0.381 e. The van der Waals surface area contributed by atoms with Gasteiger partial charge in [-0.2, -0.15) is 0 Å². The van der Waals surface area contributed by atoms with Crippen molar-refractivity contribution in [2.75, 3.05) is 39.4 Å². The Balaban J connectivity index is 0.00000220. The van der Waals surface area contributed by atoms with Crippen molar-refractivity contribution in [3.05, 3.63) is 0 Å². The standard InChI is InChI=1S/C15H29N3O2.2ClH/c1-2-7-18-8-3-13(4-9-18)17-14(19)15(12-16)5-10-20-11-6-15;;/h13H,2-12,16H2,1H3,(H,17,19);2*1H. The van der Waals surface area contributed by atoms with Crippen LogP contribution in [0.5, 0.6) is 0 Å². The van der Waals surface area contributed by atoms with Gasteiger partial charge in [-0.1, -0.05) is 6.92 Å². The number of carbonyl (C=O) groups excluding carboxylic acids is 1. The molecule has 2 saturated heterocycles. The molecule has 0 unspecified atom stereocenters. The molecular weight excluding hydrogens is 325 g/mol. The highest BCUT2D eigenvalue weighted by molar-refractivity contribution is 5.85. The lowest BCUT2D eigenvalue weighted by atomic mass is 9.79. The molecule has 3 N–H and O–H groups in total. The maximum absolute atomic E-state index is 12.6. The lowest BCUT2D eigenvalue weighted by Crippen LogP contribution is -2.53. The average molecular weight is 356 g/mol. The first-order valence-electron chi connectivity index (χ1n) is 8.01. The summed E-state index contributed by atoms with van der Waals surface area (Å²) in [7, 11) is 0. The van der Waals surface area contributed by atoms with Crippen molar-refractivity contribution < 1.29 is 9.53 Å². The number of rotatable bonds is 5. The third-order valence-electron chi connectivity index (χ3n) is 4.78. The van der Waals surface area contributed by atoms with Gasteiger partial charge in [0.25, 0.3) is 0 Å². The second kappa shape index (κ2) is 10.7.